The van der Waals surface area contributed by atoms with Gasteiger partial charge in [-0.25, -0.2) is 4.98 Å². The van der Waals surface area contributed by atoms with E-state index in [-0.39, 0.29) is 12.7 Å². The Hall–Kier alpha value is -2.93. The molecule has 24 heavy (non-hydrogen) atoms. The van der Waals surface area contributed by atoms with E-state index in [1.54, 1.807) is 24.4 Å². The normalized spacial score (nSPS) is 12.2. The number of fused-ring (bicyclic) bond motifs is 1. The number of benzene rings is 1. The summed E-state index contributed by atoms with van der Waals surface area (Å²) in [5.41, 5.74) is 2.16. The molecule has 6 nitrogen and oxygen atoms in total. The van der Waals surface area contributed by atoms with Crippen LogP contribution in [0.15, 0.2) is 48.0 Å². The van der Waals surface area contributed by atoms with Crippen molar-refractivity contribution in [2.75, 3.05) is 6.79 Å². The van der Waals surface area contributed by atoms with Crippen molar-refractivity contribution in [3.8, 4) is 22.9 Å². The summed E-state index contributed by atoms with van der Waals surface area (Å²) < 4.78 is 10.5. The largest absolute Gasteiger partial charge is 0.454 e. The van der Waals surface area contributed by atoms with Crippen molar-refractivity contribution in [1.82, 2.24) is 15.3 Å². The third-order valence-corrected chi connectivity index (χ3v) is 4.36. The summed E-state index contributed by atoms with van der Waals surface area (Å²) in [6.07, 6.45) is 1.73. The number of nitrogens with zero attached hydrogens (tertiary/aromatic N) is 2. The van der Waals surface area contributed by atoms with Gasteiger partial charge in [-0.1, -0.05) is 6.07 Å². The topological polar surface area (TPSA) is 73.3 Å². The Morgan fingerprint density at radius 3 is 2.96 bits per heavy atom. The number of nitrogens with one attached hydrogen (secondary N) is 1. The average Bonchev–Trinajstić information content (AvgIpc) is 3.29. The lowest BCUT2D eigenvalue weighted by atomic mass is 10.2. The number of carbonyl (C=O) groups excluding carboxylic acids is 1. The number of thiazole rings is 1. The number of pyridine rings is 1. The van der Waals surface area contributed by atoms with Crippen molar-refractivity contribution in [2.45, 2.75) is 6.54 Å². The average molecular weight is 339 g/mol. The number of hydrogen-bond donors (Lipinski definition) is 1. The predicted octanol–water partition coefficient (Wildman–Crippen LogP) is 2.86. The van der Waals surface area contributed by atoms with Crippen LogP contribution in [0, 0.1) is 0 Å². The summed E-state index contributed by atoms with van der Waals surface area (Å²) in [6, 6.07) is 10.8. The number of hydrogen-bond acceptors (Lipinski definition) is 6. The van der Waals surface area contributed by atoms with Crippen LogP contribution < -0.4 is 14.8 Å². The Labute approximate surface area is 142 Å². The second kappa shape index (κ2) is 6.29. The van der Waals surface area contributed by atoms with Gasteiger partial charge in [-0.3, -0.25) is 9.78 Å². The van der Waals surface area contributed by atoms with Crippen molar-refractivity contribution in [2.24, 2.45) is 0 Å². The Bertz CT molecular complexity index is 880. The summed E-state index contributed by atoms with van der Waals surface area (Å²) in [6.45, 7) is 0.556. The van der Waals surface area contributed by atoms with Gasteiger partial charge in [0.25, 0.3) is 5.91 Å². The Morgan fingerprint density at radius 2 is 2.08 bits per heavy atom. The van der Waals surface area contributed by atoms with Crippen LogP contribution in [0.2, 0.25) is 0 Å². The van der Waals surface area contributed by atoms with Crippen LogP contribution in [0.4, 0.5) is 0 Å². The summed E-state index contributed by atoms with van der Waals surface area (Å²) in [4.78, 5) is 21.0. The van der Waals surface area contributed by atoms with Gasteiger partial charge >= 0.3 is 0 Å². The Morgan fingerprint density at radius 1 is 1.17 bits per heavy atom. The van der Waals surface area contributed by atoms with E-state index >= 15 is 0 Å². The van der Waals surface area contributed by atoms with E-state index in [0.717, 1.165) is 16.4 Å². The van der Waals surface area contributed by atoms with E-state index < -0.39 is 0 Å². The molecular weight excluding hydrogens is 326 g/mol. The maximum Gasteiger partial charge on any atom is 0.251 e. The van der Waals surface area contributed by atoms with E-state index in [4.69, 9.17) is 9.47 Å². The van der Waals surface area contributed by atoms with E-state index in [0.29, 0.717) is 23.6 Å². The molecule has 0 aliphatic carbocycles. The van der Waals surface area contributed by atoms with Crippen LogP contribution in [0.5, 0.6) is 11.5 Å². The van der Waals surface area contributed by atoms with Gasteiger partial charge in [0.1, 0.15) is 5.01 Å². The van der Waals surface area contributed by atoms with Gasteiger partial charge in [0.2, 0.25) is 6.79 Å². The molecule has 0 spiro atoms. The molecule has 1 N–H and O–H groups in total. The molecule has 7 heteroatoms. The fraction of sp³-hybridized carbons (Fsp3) is 0.118. The standard InChI is InChI=1S/C17H13N3O3S/c21-17(11-4-5-14-15(7-11)23-10-22-14)19-8-16-20-13(9-24-16)12-3-1-2-6-18-12/h1-7,9H,8,10H2,(H,19,21). The summed E-state index contributed by atoms with van der Waals surface area (Å²) >= 11 is 1.49. The first-order valence-electron chi connectivity index (χ1n) is 7.33. The zero-order valence-electron chi connectivity index (χ0n) is 12.6. The van der Waals surface area contributed by atoms with Gasteiger partial charge in [0.05, 0.1) is 17.9 Å². The molecule has 1 aromatic carbocycles. The number of ether oxygens (including phenoxy) is 2. The van der Waals surface area contributed by atoms with Crippen LogP contribution in [0.1, 0.15) is 15.4 Å². The zero-order valence-corrected chi connectivity index (χ0v) is 13.4. The molecule has 4 rings (SSSR count). The minimum Gasteiger partial charge on any atom is -0.454 e. The molecule has 0 radical (unpaired) electrons. The third-order valence-electron chi connectivity index (χ3n) is 3.51. The van der Waals surface area contributed by atoms with Gasteiger partial charge in [-0.05, 0) is 30.3 Å². The molecule has 2 aromatic heterocycles. The van der Waals surface area contributed by atoms with Crippen LogP contribution in [0.3, 0.4) is 0 Å². The van der Waals surface area contributed by atoms with Crippen LogP contribution in [-0.2, 0) is 6.54 Å². The fourth-order valence-electron chi connectivity index (χ4n) is 2.32. The fourth-order valence-corrected chi connectivity index (χ4v) is 3.05. The second-order valence-corrected chi connectivity index (χ2v) is 6.03. The highest BCUT2D eigenvalue weighted by Gasteiger charge is 2.16. The minimum absolute atomic E-state index is 0.178. The first kappa shape index (κ1) is 14.6. The number of amides is 1. The van der Waals surface area contributed by atoms with Gasteiger partial charge < -0.3 is 14.8 Å². The molecule has 1 aliphatic heterocycles. The molecule has 0 saturated carbocycles. The minimum atomic E-state index is -0.178. The van der Waals surface area contributed by atoms with E-state index in [1.807, 2.05) is 23.6 Å². The summed E-state index contributed by atoms with van der Waals surface area (Å²) in [7, 11) is 0. The number of rotatable bonds is 4. The maximum atomic E-state index is 12.3. The number of carbonyl (C=O) groups is 1. The molecule has 0 unspecified atom stereocenters. The van der Waals surface area contributed by atoms with Crippen molar-refractivity contribution in [3.63, 3.8) is 0 Å². The summed E-state index contributed by atoms with van der Waals surface area (Å²) in [5, 5.41) is 5.62. The lowest BCUT2D eigenvalue weighted by Gasteiger charge is -2.04. The van der Waals surface area contributed by atoms with E-state index in [9.17, 15) is 4.79 Å². The Balaban J connectivity index is 1.42. The van der Waals surface area contributed by atoms with Crippen molar-refractivity contribution >= 4 is 17.2 Å². The monoisotopic (exact) mass is 339 g/mol. The van der Waals surface area contributed by atoms with Crippen LogP contribution in [-0.4, -0.2) is 22.7 Å². The lowest BCUT2D eigenvalue weighted by molar-refractivity contribution is 0.0950. The van der Waals surface area contributed by atoms with Crippen LogP contribution >= 0.6 is 11.3 Å². The quantitative estimate of drug-likeness (QED) is 0.791. The smallest absolute Gasteiger partial charge is 0.251 e. The second-order valence-electron chi connectivity index (χ2n) is 5.09. The first-order valence-corrected chi connectivity index (χ1v) is 8.21. The highest BCUT2D eigenvalue weighted by molar-refractivity contribution is 7.09. The Kier molecular flexibility index (Phi) is 3.84. The highest BCUT2D eigenvalue weighted by Crippen LogP contribution is 2.32. The molecule has 0 atom stereocenters. The van der Waals surface area contributed by atoms with Crippen molar-refractivity contribution < 1.29 is 14.3 Å². The molecule has 1 amide bonds. The molecule has 3 heterocycles. The SMILES string of the molecule is O=C(NCc1nc(-c2ccccn2)cs1)c1ccc2c(c1)OCO2. The van der Waals surface area contributed by atoms with Gasteiger partial charge in [0.15, 0.2) is 11.5 Å². The first-order chi connectivity index (χ1) is 11.8. The molecule has 0 saturated heterocycles. The van der Waals surface area contributed by atoms with E-state index in [1.165, 1.54) is 11.3 Å². The molecule has 1 aliphatic rings. The maximum absolute atomic E-state index is 12.3. The molecule has 3 aromatic rings. The van der Waals surface area contributed by atoms with Crippen LogP contribution in [0.25, 0.3) is 11.4 Å². The zero-order chi connectivity index (χ0) is 16.4. The van der Waals surface area contributed by atoms with Gasteiger partial charge in [-0.2, -0.15) is 0 Å². The third kappa shape index (κ3) is 2.93. The van der Waals surface area contributed by atoms with Gasteiger partial charge in [0, 0.05) is 17.1 Å². The molecular formula is C17H13N3O3S. The van der Waals surface area contributed by atoms with Crippen molar-refractivity contribution in [3.05, 3.63) is 58.5 Å². The predicted molar refractivity (Wildman–Crippen MR) is 89.1 cm³/mol. The number of aromatic nitrogens is 2. The molecule has 0 bridgehead atoms. The molecule has 0 fully saturated rings. The highest BCUT2D eigenvalue weighted by atomic mass is 32.1. The lowest BCUT2D eigenvalue weighted by Crippen LogP contribution is -2.22. The van der Waals surface area contributed by atoms with Crippen molar-refractivity contribution in [1.29, 1.82) is 0 Å². The molecule has 120 valence electrons. The van der Waals surface area contributed by atoms with E-state index in [2.05, 4.69) is 15.3 Å². The summed E-state index contributed by atoms with van der Waals surface area (Å²) in [5.74, 6) is 1.07. The van der Waals surface area contributed by atoms with Gasteiger partial charge in [-0.15, -0.1) is 11.3 Å².